The molecular weight excluding hydrogens is 470 g/mol. The van der Waals surface area contributed by atoms with Gasteiger partial charge in [-0.2, -0.15) is 5.26 Å². The number of carbonyl (C=O) groups is 1. The van der Waals surface area contributed by atoms with Crippen LogP contribution in [-0.2, 0) is 11.4 Å². The fourth-order valence-corrected chi connectivity index (χ4v) is 4.21. The second-order valence-electron chi connectivity index (χ2n) is 7.13. The van der Waals surface area contributed by atoms with E-state index in [1.54, 1.807) is 30.3 Å². The van der Waals surface area contributed by atoms with Crippen LogP contribution in [0.15, 0.2) is 76.6 Å². The van der Waals surface area contributed by atoms with Crippen molar-refractivity contribution in [3.05, 3.63) is 93.3 Å². The molecule has 0 saturated carbocycles. The third-order valence-electron chi connectivity index (χ3n) is 4.81. The number of rotatable bonds is 7. The molecule has 34 heavy (non-hydrogen) atoms. The number of aliphatic imine (C=N–C) groups is 1. The smallest absolute Gasteiger partial charge is 0.264 e. The molecule has 0 unspecified atom stereocenters. The Bertz CT molecular complexity index is 1330. The quantitative estimate of drug-likeness (QED) is 0.406. The predicted molar refractivity (Wildman–Crippen MR) is 135 cm³/mol. The van der Waals surface area contributed by atoms with Crippen LogP contribution >= 0.6 is 23.4 Å². The summed E-state index contributed by atoms with van der Waals surface area (Å²) in [5, 5.41) is 13.0. The number of ether oxygens (including phenoxy) is 2. The number of nitrogens with zero attached hydrogens (tertiary/aromatic N) is 2. The van der Waals surface area contributed by atoms with Crippen molar-refractivity contribution in [3.63, 3.8) is 0 Å². The van der Waals surface area contributed by atoms with Gasteiger partial charge in [-0.25, -0.2) is 4.99 Å². The lowest BCUT2D eigenvalue weighted by molar-refractivity contribution is -0.115. The fraction of sp³-hybridized carbons (Fsp3) is 0.115. The van der Waals surface area contributed by atoms with E-state index >= 15 is 0 Å². The van der Waals surface area contributed by atoms with Gasteiger partial charge < -0.3 is 14.8 Å². The number of hydrogen-bond acceptors (Lipinski definition) is 6. The van der Waals surface area contributed by atoms with Crippen molar-refractivity contribution in [2.75, 3.05) is 6.61 Å². The van der Waals surface area contributed by atoms with E-state index in [1.807, 2.05) is 49.4 Å². The maximum atomic E-state index is 12.5. The van der Waals surface area contributed by atoms with Crippen LogP contribution in [0.4, 0.5) is 5.69 Å². The van der Waals surface area contributed by atoms with Crippen LogP contribution in [0.2, 0.25) is 5.02 Å². The number of thioether (sulfide) groups is 1. The first-order chi connectivity index (χ1) is 16.6. The first-order valence-electron chi connectivity index (χ1n) is 10.5. The van der Waals surface area contributed by atoms with Gasteiger partial charge in [0.15, 0.2) is 16.7 Å². The van der Waals surface area contributed by atoms with E-state index in [4.69, 9.17) is 21.1 Å². The third kappa shape index (κ3) is 5.60. The summed E-state index contributed by atoms with van der Waals surface area (Å²) in [6, 6.07) is 22.1. The minimum atomic E-state index is -0.234. The average molecular weight is 490 g/mol. The first-order valence-corrected chi connectivity index (χ1v) is 11.7. The molecule has 3 aromatic carbocycles. The number of para-hydroxylation sites is 1. The normalized spacial score (nSPS) is 15.3. The van der Waals surface area contributed by atoms with Crippen LogP contribution in [0.5, 0.6) is 11.5 Å². The Balaban J connectivity index is 1.53. The van der Waals surface area contributed by atoms with Gasteiger partial charge in [-0.05, 0) is 60.7 Å². The lowest BCUT2D eigenvalue weighted by Gasteiger charge is -2.13. The molecule has 1 N–H and O–H groups in total. The van der Waals surface area contributed by atoms with Gasteiger partial charge in [0.2, 0.25) is 0 Å². The zero-order valence-corrected chi connectivity index (χ0v) is 19.8. The molecule has 1 fully saturated rings. The zero-order chi connectivity index (χ0) is 23.9. The highest BCUT2D eigenvalue weighted by Gasteiger charge is 2.24. The predicted octanol–water partition coefficient (Wildman–Crippen LogP) is 6.08. The monoisotopic (exact) mass is 489 g/mol. The standard InChI is InChI=1S/C26H20ClN3O3S/c1-2-32-23-13-17(11-12-22(23)33-16-19-8-4-3-7-18(19)15-28)14-24-25(31)30-26(34-24)29-21-10-6-5-9-20(21)27/h3-14H,2,16H2,1H3,(H,29,30,31)/b24-14+. The van der Waals surface area contributed by atoms with Gasteiger partial charge in [0.05, 0.1) is 33.9 Å². The van der Waals surface area contributed by atoms with Gasteiger partial charge >= 0.3 is 0 Å². The van der Waals surface area contributed by atoms with Gasteiger partial charge in [0, 0.05) is 5.56 Å². The Hall–Kier alpha value is -3.73. The highest BCUT2D eigenvalue weighted by Crippen LogP contribution is 2.34. The van der Waals surface area contributed by atoms with Crippen LogP contribution in [-0.4, -0.2) is 17.7 Å². The van der Waals surface area contributed by atoms with Gasteiger partial charge in [0.1, 0.15) is 6.61 Å². The number of hydrogen-bond donors (Lipinski definition) is 1. The molecule has 0 atom stereocenters. The Morgan fingerprint density at radius 3 is 2.68 bits per heavy atom. The number of amides is 1. The molecule has 1 heterocycles. The van der Waals surface area contributed by atoms with Crippen LogP contribution in [0.1, 0.15) is 23.6 Å². The molecule has 1 aliphatic heterocycles. The van der Waals surface area contributed by atoms with Crippen molar-refractivity contribution in [2.45, 2.75) is 13.5 Å². The van der Waals surface area contributed by atoms with Crippen molar-refractivity contribution in [3.8, 4) is 17.6 Å². The highest BCUT2D eigenvalue weighted by molar-refractivity contribution is 8.18. The minimum Gasteiger partial charge on any atom is -0.490 e. The maximum Gasteiger partial charge on any atom is 0.264 e. The molecule has 0 radical (unpaired) electrons. The Labute approximate surface area is 206 Å². The molecule has 0 spiro atoms. The van der Waals surface area contributed by atoms with E-state index in [0.29, 0.717) is 44.5 Å². The molecular formula is C26H20ClN3O3S. The van der Waals surface area contributed by atoms with Crippen LogP contribution in [0.3, 0.4) is 0 Å². The SMILES string of the molecule is CCOc1cc(/C=C2/SC(=Nc3ccccc3Cl)NC2=O)ccc1OCc1ccccc1C#N. The van der Waals surface area contributed by atoms with Gasteiger partial charge in [0.25, 0.3) is 5.91 Å². The van der Waals surface area contributed by atoms with Crippen LogP contribution < -0.4 is 14.8 Å². The van der Waals surface area contributed by atoms with E-state index < -0.39 is 0 Å². The number of nitrogens with one attached hydrogen (secondary N) is 1. The van der Waals surface area contributed by atoms with Crippen molar-refractivity contribution in [2.24, 2.45) is 4.99 Å². The van der Waals surface area contributed by atoms with Gasteiger partial charge in [-0.1, -0.05) is 48.0 Å². The zero-order valence-electron chi connectivity index (χ0n) is 18.2. The topological polar surface area (TPSA) is 83.7 Å². The Morgan fingerprint density at radius 2 is 1.88 bits per heavy atom. The summed E-state index contributed by atoms with van der Waals surface area (Å²) < 4.78 is 11.7. The third-order valence-corrected chi connectivity index (χ3v) is 6.04. The average Bonchev–Trinajstić information content (AvgIpc) is 3.18. The summed E-state index contributed by atoms with van der Waals surface area (Å²) in [6.45, 7) is 2.58. The molecule has 4 rings (SSSR count). The number of nitriles is 1. The first kappa shape index (κ1) is 23.4. The lowest BCUT2D eigenvalue weighted by atomic mass is 10.1. The van der Waals surface area contributed by atoms with Crippen molar-refractivity contribution in [1.29, 1.82) is 5.26 Å². The highest BCUT2D eigenvalue weighted by atomic mass is 35.5. The van der Waals surface area contributed by atoms with Gasteiger partial charge in [-0.3, -0.25) is 4.79 Å². The summed E-state index contributed by atoms with van der Waals surface area (Å²) in [7, 11) is 0. The molecule has 0 aliphatic carbocycles. The summed E-state index contributed by atoms with van der Waals surface area (Å²) in [5.41, 5.74) is 2.74. The second-order valence-corrected chi connectivity index (χ2v) is 8.57. The number of amidine groups is 1. The Kier molecular flexibility index (Phi) is 7.53. The van der Waals surface area contributed by atoms with E-state index in [1.165, 1.54) is 11.8 Å². The Morgan fingerprint density at radius 1 is 1.09 bits per heavy atom. The number of benzene rings is 3. The number of carbonyl (C=O) groups excluding carboxylic acids is 1. The van der Waals surface area contributed by atoms with Crippen molar-refractivity contribution >= 4 is 46.2 Å². The van der Waals surface area contributed by atoms with Crippen LogP contribution in [0.25, 0.3) is 6.08 Å². The lowest BCUT2D eigenvalue weighted by Crippen LogP contribution is -2.19. The molecule has 3 aromatic rings. The molecule has 8 heteroatoms. The van der Waals surface area contributed by atoms with E-state index in [2.05, 4.69) is 16.4 Å². The molecule has 1 saturated heterocycles. The maximum absolute atomic E-state index is 12.5. The summed E-state index contributed by atoms with van der Waals surface area (Å²) in [4.78, 5) is 17.4. The summed E-state index contributed by atoms with van der Waals surface area (Å²) in [6.07, 6.45) is 1.77. The molecule has 0 aromatic heterocycles. The molecule has 0 bridgehead atoms. The second kappa shape index (κ2) is 10.9. The fourth-order valence-electron chi connectivity index (χ4n) is 3.20. The molecule has 1 amide bonds. The van der Waals surface area contributed by atoms with Gasteiger partial charge in [-0.15, -0.1) is 0 Å². The van der Waals surface area contributed by atoms with Crippen molar-refractivity contribution in [1.82, 2.24) is 5.32 Å². The molecule has 1 aliphatic rings. The summed E-state index contributed by atoms with van der Waals surface area (Å²) >= 11 is 7.40. The van der Waals surface area contributed by atoms with Crippen molar-refractivity contribution < 1.29 is 14.3 Å². The molecule has 170 valence electrons. The minimum absolute atomic E-state index is 0.234. The number of halogens is 1. The van der Waals surface area contributed by atoms with E-state index in [-0.39, 0.29) is 12.5 Å². The van der Waals surface area contributed by atoms with Crippen LogP contribution in [0, 0.1) is 11.3 Å². The van der Waals surface area contributed by atoms with E-state index in [9.17, 15) is 10.1 Å². The largest absolute Gasteiger partial charge is 0.490 e. The summed E-state index contributed by atoms with van der Waals surface area (Å²) in [5.74, 6) is 0.878. The van der Waals surface area contributed by atoms with E-state index in [0.717, 1.165) is 11.1 Å². The molecule has 6 nitrogen and oxygen atoms in total.